The van der Waals surface area contributed by atoms with Gasteiger partial charge in [-0.3, -0.25) is 4.79 Å². The quantitative estimate of drug-likeness (QED) is 0.794. The van der Waals surface area contributed by atoms with Gasteiger partial charge >= 0.3 is 0 Å². The Kier molecular flexibility index (Phi) is 4.79. The van der Waals surface area contributed by atoms with Gasteiger partial charge in [0.05, 0.1) is 5.25 Å². The first-order chi connectivity index (χ1) is 9.59. The third-order valence-corrected chi connectivity index (χ3v) is 4.10. The molecule has 0 fully saturated rings. The number of halogens is 1. The number of anilines is 1. The molecule has 1 atom stereocenters. The summed E-state index contributed by atoms with van der Waals surface area (Å²) in [7, 11) is 1.73. The number of hydrogen-bond donors (Lipinski definition) is 0. The maximum absolute atomic E-state index is 13.6. The second-order valence-corrected chi connectivity index (χ2v) is 5.81. The van der Waals surface area contributed by atoms with Gasteiger partial charge in [0.25, 0.3) is 0 Å². The summed E-state index contributed by atoms with van der Waals surface area (Å²) in [4.78, 5) is 14.4. The van der Waals surface area contributed by atoms with Crippen LogP contribution in [0.4, 0.5) is 10.1 Å². The minimum Gasteiger partial charge on any atom is -0.315 e. The molecule has 0 saturated heterocycles. The SMILES string of the molecule is CC(Sc1ccccc1F)C(=O)N(C)c1ccccc1. The van der Waals surface area contributed by atoms with Crippen molar-refractivity contribution in [2.45, 2.75) is 17.1 Å². The van der Waals surface area contributed by atoms with E-state index in [2.05, 4.69) is 0 Å². The lowest BCUT2D eigenvalue weighted by Gasteiger charge is -2.21. The van der Waals surface area contributed by atoms with Gasteiger partial charge in [0.1, 0.15) is 5.82 Å². The molecular formula is C16H16FNOS. The number of hydrogen-bond acceptors (Lipinski definition) is 2. The lowest BCUT2D eigenvalue weighted by molar-refractivity contribution is -0.117. The topological polar surface area (TPSA) is 20.3 Å². The van der Waals surface area contributed by atoms with Crippen LogP contribution in [0.3, 0.4) is 0 Å². The maximum atomic E-state index is 13.6. The molecule has 0 aliphatic rings. The van der Waals surface area contributed by atoms with E-state index in [9.17, 15) is 9.18 Å². The molecule has 2 rings (SSSR count). The van der Waals surface area contributed by atoms with Gasteiger partial charge < -0.3 is 4.90 Å². The van der Waals surface area contributed by atoms with Crippen LogP contribution in [0.2, 0.25) is 0 Å². The molecule has 0 saturated carbocycles. The molecule has 0 aromatic heterocycles. The number of benzene rings is 2. The first-order valence-corrected chi connectivity index (χ1v) is 7.21. The van der Waals surface area contributed by atoms with E-state index in [-0.39, 0.29) is 17.0 Å². The molecule has 0 radical (unpaired) electrons. The lowest BCUT2D eigenvalue weighted by atomic mass is 10.3. The smallest absolute Gasteiger partial charge is 0.239 e. The van der Waals surface area contributed by atoms with Crippen LogP contribution in [0.1, 0.15) is 6.92 Å². The summed E-state index contributed by atoms with van der Waals surface area (Å²) in [6.45, 7) is 1.79. The molecule has 4 heteroatoms. The van der Waals surface area contributed by atoms with Crippen molar-refractivity contribution in [3.8, 4) is 0 Å². The normalized spacial score (nSPS) is 11.9. The van der Waals surface area contributed by atoms with E-state index in [1.54, 1.807) is 37.1 Å². The zero-order valence-corrected chi connectivity index (χ0v) is 12.2. The Morgan fingerprint density at radius 1 is 1.10 bits per heavy atom. The van der Waals surface area contributed by atoms with Gasteiger partial charge in [-0.2, -0.15) is 0 Å². The number of amides is 1. The van der Waals surface area contributed by atoms with Crippen molar-refractivity contribution < 1.29 is 9.18 Å². The third-order valence-electron chi connectivity index (χ3n) is 2.96. The summed E-state index contributed by atoms with van der Waals surface area (Å²) in [6.07, 6.45) is 0. The molecule has 0 spiro atoms. The van der Waals surface area contributed by atoms with Gasteiger partial charge in [0.2, 0.25) is 5.91 Å². The van der Waals surface area contributed by atoms with E-state index in [1.807, 2.05) is 30.3 Å². The minimum absolute atomic E-state index is 0.0514. The molecule has 20 heavy (non-hydrogen) atoms. The van der Waals surface area contributed by atoms with Crippen LogP contribution in [0.25, 0.3) is 0 Å². The Morgan fingerprint density at radius 2 is 1.70 bits per heavy atom. The van der Waals surface area contributed by atoms with Crippen molar-refractivity contribution in [2.75, 3.05) is 11.9 Å². The van der Waals surface area contributed by atoms with Gasteiger partial charge in [-0.15, -0.1) is 11.8 Å². The van der Waals surface area contributed by atoms with E-state index in [0.717, 1.165) is 5.69 Å². The predicted molar refractivity (Wildman–Crippen MR) is 81.6 cm³/mol. The van der Waals surface area contributed by atoms with Gasteiger partial charge in [-0.1, -0.05) is 30.3 Å². The summed E-state index contributed by atoms with van der Waals surface area (Å²) in [5, 5.41) is -0.350. The zero-order valence-electron chi connectivity index (χ0n) is 11.4. The summed E-state index contributed by atoms with van der Waals surface area (Å²) in [6, 6.07) is 15.9. The standard InChI is InChI=1S/C16H16FNOS/c1-12(20-15-11-7-6-10-14(15)17)16(19)18(2)13-8-4-3-5-9-13/h3-12H,1-2H3. The van der Waals surface area contributed by atoms with Crippen LogP contribution in [0.5, 0.6) is 0 Å². The summed E-state index contributed by atoms with van der Waals surface area (Å²) < 4.78 is 13.6. The number of thioether (sulfide) groups is 1. The molecule has 2 aromatic carbocycles. The molecule has 0 heterocycles. The van der Waals surface area contributed by atoms with Crippen molar-refractivity contribution in [2.24, 2.45) is 0 Å². The van der Waals surface area contributed by atoms with Crippen LogP contribution in [0, 0.1) is 5.82 Å². The van der Waals surface area contributed by atoms with Crippen molar-refractivity contribution in [3.63, 3.8) is 0 Å². The maximum Gasteiger partial charge on any atom is 0.239 e. The number of carbonyl (C=O) groups excluding carboxylic acids is 1. The van der Waals surface area contributed by atoms with Crippen molar-refractivity contribution in [1.82, 2.24) is 0 Å². The predicted octanol–water partition coefficient (Wildman–Crippen LogP) is 3.97. The lowest BCUT2D eigenvalue weighted by Crippen LogP contribution is -2.33. The summed E-state index contributed by atoms with van der Waals surface area (Å²) >= 11 is 1.24. The highest BCUT2D eigenvalue weighted by Gasteiger charge is 2.20. The molecule has 0 aliphatic carbocycles. The largest absolute Gasteiger partial charge is 0.315 e. The fraction of sp³-hybridized carbons (Fsp3) is 0.188. The fourth-order valence-electron chi connectivity index (χ4n) is 1.83. The second-order valence-electron chi connectivity index (χ2n) is 4.42. The van der Waals surface area contributed by atoms with E-state index >= 15 is 0 Å². The van der Waals surface area contributed by atoms with Gasteiger partial charge in [-0.25, -0.2) is 4.39 Å². The molecule has 0 aliphatic heterocycles. The number of rotatable bonds is 4. The second kappa shape index (κ2) is 6.57. The molecule has 1 amide bonds. The minimum atomic E-state index is -0.350. The fourth-order valence-corrected chi connectivity index (χ4v) is 2.81. The molecule has 2 nitrogen and oxygen atoms in total. The highest BCUT2D eigenvalue weighted by atomic mass is 32.2. The molecule has 0 bridgehead atoms. The zero-order chi connectivity index (χ0) is 14.5. The molecule has 0 N–H and O–H groups in total. The van der Waals surface area contributed by atoms with Crippen molar-refractivity contribution >= 4 is 23.4 Å². The van der Waals surface area contributed by atoms with Crippen LogP contribution >= 0.6 is 11.8 Å². The van der Waals surface area contributed by atoms with Crippen LogP contribution in [-0.4, -0.2) is 18.2 Å². The molecule has 1 unspecified atom stereocenters. The molecule has 104 valence electrons. The van der Waals surface area contributed by atoms with Crippen LogP contribution in [-0.2, 0) is 4.79 Å². The monoisotopic (exact) mass is 289 g/mol. The molecular weight excluding hydrogens is 273 g/mol. The van der Waals surface area contributed by atoms with E-state index in [4.69, 9.17) is 0 Å². The summed E-state index contributed by atoms with van der Waals surface area (Å²) in [5.74, 6) is -0.344. The van der Waals surface area contributed by atoms with Gasteiger partial charge in [-0.05, 0) is 31.2 Å². The highest BCUT2D eigenvalue weighted by Crippen LogP contribution is 2.27. The Hall–Kier alpha value is -1.81. The van der Waals surface area contributed by atoms with Gasteiger partial charge in [0, 0.05) is 17.6 Å². The van der Waals surface area contributed by atoms with Gasteiger partial charge in [0.15, 0.2) is 0 Å². The average molecular weight is 289 g/mol. The average Bonchev–Trinajstić information content (AvgIpc) is 2.49. The van der Waals surface area contributed by atoms with E-state index < -0.39 is 0 Å². The summed E-state index contributed by atoms with van der Waals surface area (Å²) in [5.41, 5.74) is 0.832. The molecule has 2 aromatic rings. The third kappa shape index (κ3) is 3.39. The number of nitrogens with zero attached hydrogens (tertiary/aromatic N) is 1. The van der Waals surface area contributed by atoms with Crippen LogP contribution < -0.4 is 4.90 Å². The first-order valence-electron chi connectivity index (χ1n) is 6.33. The first kappa shape index (κ1) is 14.6. The van der Waals surface area contributed by atoms with Crippen molar-refractivity contribution in [1.29, 1.82) is 0 Å². The van der Waals surface area contributed by atoms with Crippen molar-refractivity contribution in [3.05, 3.63) is 60.4 Å². The Bertz CT molecular complexity index is 588. The Morgan fingerprint density at radius 3 is 2.35 bits per heavy atom. The number of para-hydroxylation sites is 1. The Balaban J connectivity index is 2.08. The van der Waals surface area contributed by atoms with E-state index in [0.29, 0.717) is 4.90 Å². The van der Waals surface area contributed by atoms with E-state index in [1.165, 1.54) is 17.8 Å². The highest BCUT2D eigenvalue weighted by molar-refractivity contribution is 8.00. The Labute approximate surface area is 122 Å². The number of carbonyl (C=O) groups is 1. The van der Waals surface area contributed by atoms with Crippen LogP contribution in [0.15, 0.2) is 59.5 Å².